The van der Waals surface area contributed by atoms with Gasteiger partial charge in [-0.1, -0.05) is 53.7 Å². The Bertz CT molecular complexity index is 1690. The molecule has 0 bridgehead atoms. The lowest BCUT2D eigenvalue weighted by Gasteiger charge is -2.27. The number of aromatic nitrogens is 2. The molecular formula is C31H33Cl2N5O4S. The SMILES string of the molecule is CN1CCC(ON=C(c2ccccc2)c2cccc(NC(=O)c3ccn4c3CS(=O)(=O)C4c3cccnc3)c2)CC1.Cl.Cl. The molecule has 0 radical (unpaired) electrons. The number of hydrogen-bond acceptors (Lipinski definition) is 7. The number of pyridine rings is 1. The van der Waals surface area contributed by atoms with Gasteiger partial charge in [0.25, 0.3) is 5.91 Å². The summed E-state index contributed by atoms with van der Waals surface area (Å²) in [4.78, 5) is 25.8. The van der Waals surface area contributed by atoms with E-state index in [0.29, 0.717) is 28.2 Å². The third kappa shape index (κ3) is 6.94. The van der Waals surface area contributed by atoms with E-state index in [-0.39, 0.29) is 42.6 Å². The topological polar surface area (TPSA) is 106 Å². The highest BCUT2D eigenvalue weighted by molar-refractivity contribution is 7.91. The Morgan fingerprint density at radius 2 is 1.72 bits per heavy atom. The van der Waals surface area contributed by atoms with Crippen LogP contribution in [0.1, 0.15) is 51.0 Å². The summed E-state index contributed by atoms with van der Waals surface area (Å²) in [6.45, 7) is 1.94. The third-order valence-corrected chi connectivity index (χ3v) is 9.42. The van der Waals surface area contributed by atoms with Crippen molar-refractivity contribution in [1.82, 2.24) is 14.5 Å². The molecule has 2 aliphatic rings. The number of rotatable bonds is 7. The Morgan fingerprint density at radius 1 is 0.977 bits per heavy atom. The number of carbonyl (C=O) groups is 1. The number of sulfone groups is 1. The lowest BCUT2D eigenvalue weighted by atomic mass is 10.0. The Hall–Kier alpha value is -3.70. The predicted molar refractivity (Wildman–Crippen MR) is 172 cm³/mol. The van der Waals surface area contributed by atoms with Crippen LogP contribution in [0, 0.1) is 0 Å². The number of hydrogen-bond donors (Lipinski definition) is 1. The Balaban J connectivity index is 0.00000212. The first-order valence-electron chi connectivity index (χ1n) is 13.6. The largest absolute Gasteiger partial charge is 0.392 e. The molecule has 1 fully saturated rings. The van der Waals surface area contributed by atoms with Gasteiger partial charge in [0.05, 0.1) is 11.3 Å². The molecule has 2 aliphatic heterocycles. The minimum Gasteiger partial charge on any atom is -0.392 e. The molecule has 9 nitrogen and oxygen atoms in total. The van der Waals surface area contributed by atoms with Crippen LogP contribution >= 0.6 is 24.8 Å². The van der Waals surface area contributed by atoms with Crippen LogP contribution < -0.4 is 5.32 Å². The Labute approximate surface area is 263 Å². The number of oxime groups is 1. The maximum absolute atomic E-state index is 13.4. The van der Waals surface area contributed by atoms with E-state index in [9.17, 15) is 13.2 Å². The van der Waals surface area contributed by atoms with E-state index in [4.69, 9.17) is 4.84 Å². The van der Waals surface area contributed by atoms with Gasteiger partial charge >= 0.3 is 0 Å². The maximum atomic E-state index is 13.4. The van der Waals surface area contributed by atoms with E-state index in [2.05, 4.69) is 27.4 Å². The Kier molecular flexibility index (Phi) is 10.3. The number of likely N-dealkylation sites (tertiary alicyclic amines) is 1. The molecule has 0 spiro atoms. The van der Waals surface area contributed by atoms with Crippen LogP contribution in [0.25, 0.3) is 0 Å². The van der Waals surface area contributed by atoms with Crippen molar-refractivity contribution in [3.8, 4) is 0 Å². The molecule has 4 aromatic rings. The van der Waals surface area contributed by atoms with Crippen LogP contribution in [-0.4, -0.2) is 60.7 Å². The normalized spacial score (nSPS) is 18.2. The van der Waals surface area contributed by atoms with Crippen LogP contribution in [0.2, 0.25) is 0 Å². The molecule has 1 unspecified atom stereocenters. The first kappa shape index (κ1) is 32.2. The van der Waals surface area contributed by atoms with E-state index in [0.717, 1.165) is 37.1 Å². The molecular weight excluding hydrogens is 609 g/mol. The maximum Gasteiger partial charge on any atom is 0.257 e. The molecule has 0 saturated carbocycles. The highest BCUT2D eigenvalue weighted by Gasteiger charge is 2.40. The lowest BCUT2D eigenvalue weighted by molar-refractivity contribution is 0.0163. The van der Waals surface area contributed by atoms with Gasteiger partial charge in [-0.25, -0.2) is 8.42 Å². The summed E-state index contributed by atoms with van der Waals surface area (Å²) < 4.78 is 27.8. The Morgan fingerprint density at radius 3 is 2.44 bits per heavy atom. The van der Waals surface area contributed by atoms with Crippen molar-refractivity contribution in [2.45, 2.75) is 30.1 Å². The van der Waals surface area contributed by atoms with Crippen molar-refractivity contribution < 1.29 is 18.0 Å². The zero-order valence-corrected chi connectivity index (χ0v) is 25.9. The van der Waals surface area contributed by atoms with Gasteiger partial charge in [-0.05, 0) is 44.2 Å². The first-order chi connectivity index (χ1) is 19.9. The summed E-state index contributed by atoms with van der Waals surface area (Å²) in [5, 5.41) is 6.65. The number of piperidine rings is 1. The number of halogens is 2. The highest BCUT2D eigenvalue weighted by Crippen LogP contribution is 2.37. The fourth-order valence-corrected chi connectivity index (χ4v) is 7.36. The average molecular weight is 643 g/mol. The zero-order valence-electron chi connectivity index (χ0n) is 23.5. The third-order valence-electron chi connectivity index (χ3n) is 7.57. The van der Waals surface area contributed by atoms with Crippen molar-refractivity contribution in [3.63, 3.8) is 0 Å². The van der Waals surface area contributed by atoms with Gasteiger partial charge in [-0.15, -0.1) is 24.8 Å². The van der Waals surface area contributed by atoms with Crippen LogP contribution in [0.15, 0.2) is 96.5 Å². The summed E-state index contributed by atoms with van der Waals surface area (Å²) in [6.07, 6.45) is 6.68. The van der Waals surface area contributed by atoms with Gasteiger partial charge in [-0.2, -0.15) is 0 Å². The molecule has 12 heteroatoms. The fourth-order valence-electron chi connectivity index (χ4n) is 5.42. The van der Waals surface area contributed by atoms with Gasteiger partial charge in [0.2, 0.25) is 0 Å². The molecule has 1 N–H and O–H groups in total. The predicted octanol–water partition coefficient (Wildman–Crippen LogP) is 5.32. The summed E-state index contributed by atoms with van der Waals surface area (Å²) in [5.74, 6) is -0.597. The van der Waals surface area contributed by atoms with Crippen LogP contribution in [-0.2, 0) is 20.4 Å². The molecule has 1 amide bonds. The van der Waals surface area contributed by atoms with Crippen molar-refractivity contribution in [3.05, 3.63) is 119 Å². The summed E-state index contributed by atoms with van der Waals surface area (Å²) in [5.41, 5.74) is 4.30. The minimum absolute atomic E-state index is 0. The molecule has 2 aromatic heterocycles. The van der Waals surface area contributed by atoms with E-state index in [1.165, 1.54) is 0 Å². The van der Waals surface area contributed by atoms with Crippen molar-refractivity contribution >= 4 is 52.0 Å². The van der Waals surface area contributed by atoms with Gasteiger partial charge < -0.3 is 19.6 Å². The number of nitrogens with one attached hydrogen (secondary N) is 1. The molecule has 2 aromatic carbocycles. The van der Waals surface area contributed by atoms with Gasteiger partial charge in [-0.3, -0.25) is 9.78 Å². The quantitative estimate of drug-likeness (QED) is 0.216. The molecule has 43 heavy (non-hydrogen) atoms. The standard InChI is InChI=1S/C31H31N5O4S.2ClH/c1-35-16-12-26(13-17-35)40-34-29(22-7-3-2-4-8-22)23-9-5-11-25(19-23)33-30(37)27-14-18-36-28(27)21-41(38,39)31(36)24-10-6-15-32-20-24;;/h2-11,14-15,18-20,26,31H,12-13,16-17,21H2,1H3,(H,33,37);2*1H. The number of anilines is 1. The summed E-state index contributed by atoms with van der Waals surface area (Å²) >= 11 is 0. The second-order valence-corrected chi connectivity index (χ2v) is 12.5. The summed E-state index contributed by atoms with van der Waals surface area (Å²) in [6, 6.07) is 22.4. The zero-order chi connectivity index (χ0) is 28.4. The number of amides is 1. The molecule has 4 heterocycles. The molecule has 1 atom stereocenters. The fraction of sp³-hybridized carbons (Fsp3) is 0.258. The van der Waals surface area contributed by atoms with Crippen molar-refractivity contribution in [2.75, 3.05) is 25.5 Å². The minimum atomic E-state index is -3.54. The van der Waals surface area contributed by atoms with Gasteiger partial charge in [0.15, 0.2) is 15.2 Å². The monoisotopic (exact) mass is 641 g/mol. The number of benzene rings is 2. The second-order valence-electron chi connectivity index (χ2n) is 10.5. The van der Waals surface area contributed by atoms with Crippen LogP contribution in [0.4, 0.5) is 5.69 Å². The van der Waals surface area contributed by atoms with E-state index in [1.807, 2.05) is 48.5 Å². The summed E-state index contributed by atoms with van der Waals surface area (Å²) in [7, 11) is -1.44. The number of carbonyl (C=O) groups excluding carboxylic acids is 1. The highest BCUT2D eigenvalue weighted by atomic mass is 35.5. The molecule has 1 saturated heterocycles. The first-order valence-corrected chi connectivity index (χ1v) is 15.3. The molecule has 226 valence electrons. The molecule has 6 rings (SSSR count). The lowest BCUT2D eigenvalue weighted by Crippen LogP contribution is -2.33. The second kappa shape index (κ2) is 13.7. The van der Waals surface area contributed by atoms with E-state index < -0.39 is 15.2 Å². The van der Waals surface area contributed by atoms with E-state index in [1.54, 1.807) is 47.4 Å². The van der Waals surface area contributed by atoms with Crippen LogP contribution in [0.5, 0.6) is 0 Å². The van der Waals surface area contributed by atoms with E-state index >= 15 is 0 Å². The van der Waals surface area contributed by atoms with Crippen molar-refractivity contribution in [2.24, 2.45) is 5.16 Å². The smallest absolute Gasteiger partial charge is 0.257 e. The number of nitrogens with zero attached hydrogens (tertiary/aromatic N) is 4. The number of fused-ring (bicyclic) bond motifs is 1. The van der Waals surface area contributed by atoms with Gasteiger partial charge in [0.1, 0.15) is 11.8 Å². The molecule has 0 aliphatic carbocycles. The van der Waals surface area contributed by atoms with Crippen LogP contribution in [0.3, 0.4) is 0 Å². The average Bonchev–Trinajstić information content (AvgIpc) is 3.49. The van der Waals surface area contributed by atoms with Crippen molar-refractivity contribution in [1.29, 1.82) is 0 Å². The van der Waals surface area contributed by atoms with Gasteiger partial charge in [0, 0.05) is 59.8 Å².